The van der Waals surface area contributed by atoms with Gasteiger partial charge in [0.15, 0.2) is 0 Å². The molecule has 1 atom stereocenters. The summed E-state index contributed by atoms with van der Waals surface area (Å²) in [4.78, 5) is 18.7. The van der Waals surface area contributed by atoms with E-state index in [1.54, 1.807) is 12.4 Å². The highest BCUT2D eigenvalue weighted by atomic mass is 127. The SMILES string of the molecule is CC(CC(N)=O)Nc1ncc(I)cn1. The molecule has 1 unspecified atom stereocenters. The smallest absolute Gasteiger partial charge is 0.222 e. The van der Waals surface area contributed by atoms with Crippen LogP contribution in [-0.2, 0) is 4.79 Å². The first kappa shape index (κ1) is 11.2. The molecule has 0 fully saturated rings. The lowest BCUT2D eigenvalue weighted by Crippen LogP contribution is -2.24. The van der Waals surface area contributed by atoms with Crippen molar-refractivity contribution in [3.63, 3.8) is 0 Å². The van der Waals surface area contributed by atoms with Gasteiger partial charge >= 0.3 is 0 Å². The number of anilines is 1. The number of carbonyl (C=O) groups is 1. The Morgan fingerprint density at radius 2 is 2.21 bits per heavy atom. The number of nitrogens with two attached hydrogens (primary N) is 1. The Hall–Kier alpha value is -0.920. The monoisotopic (exact) mass is 306 g/mol. The van der Waals surface area contributed by atoms with E-state index in [1.807, 2.05) is 6.92 Å². The third-order valence-corrected chi connectivity index (χ3v) is 2.06. The molecule has 1 amide bonds. The molecule has 1 heterocycles. The van der Waals surface area contributed by atoms with Gasteiger partial charge in [-0.1, -0.05) is 0 Å². The summed E-state index contributed by atoms with van der Waals surface area (Å²) in [5.41, 5.74) is 5.05. The highest BCUT2D eigenvalue weighted by Gasteiger charge is 2.06. The van der Waals surface area contributed by atoms with Crippen molar-refractivity contribution in [2.24, 2.45) is 5.73 Å². The maximum absolute atomic E-state index is 10.6. The van der Waals surface area contributed by atoms with Gasteiger partial charge in [-0.25, -0.2) is 9.97 Å². The molecule has 0 spiro atoms. The molecule has 1 aromatic rings. The maximum atomic E-state index is 10.6. The summed E-state index contributed by atoms with van der Waals surface area (Å²) in [6.07, 6.45) is 3.68. The minimum Gasteiger partial charge on any atom is -0.370 e. The average Bonchev–Trinajstić information content (AvgIpc) is 2.07. The van der Waals surface area contributed by atoms with Crippen LogP contribution >= 0.6 is 22.6 Å². The summed E-state index contributed by atoms with van der Waals surface area (Å²) >= 11 is 2.12. The first-order chi connectivity index (χ1) is 6.58. The zero-order valence-electron chi connectivity index (χ0n) is 7.70. The van der Waals surface area contributed by atoms with Crippen LogP contribution in [-0.4, -0.2) is 21.9 Å². The van der Waals surface area contributed by atoms with Crippen LogP contribution in [0.1, 0.15) is 13.3 Å². The minimum absolute atomic E-state index is 0.0486. The molecule has 76 valence electrons. The zero-order valence-corrected chi connectivity index (χ0v) is 9.85. The normalized spacial score (nSPS) is 12.1. The number of amides is 1. The molecule has 3 N–H and O–H groups in total. The van der Waals surface area contributed by atoms with E-state index in [9.17, 15) is 4.79 Å². The van der Waals surface area contributed by atoms with Gasteiger partial charge in [0.25, 0.3) is 0 Å². The van der Waals surface area contributed by atoms with Gasteiger partial charge in [-0.3, -0.25) is 4.79 Å². The fraction of sp³-hybridized carbons (Fsp3) is 0.375. The Morgan fingerprint density at radius 1 is 1.64 bits per heavy atom. The quantitative estimate of drug-likeness (QED) is 0.805. The summed E-state index contributed by atoms with van der Waals surface area (Å²) in [6.45, 7) is 1.85. The summed E-state index contributed by atoms with van der Waals surface area (Å²) in [6, 6.07) is -0.0486. The fourth-order valence-corrected chi connectivity index (χ4v) is 1.24. The van der Waals surface area contributed by atoms with Gasteiger partial charge in [0.1, 0.15) is 0 Å². The molecule has 0 bridgehead atoms. The number of primary amides is 1. The topological polar surface area (TPSA) is 80.9 Å². The molecule has 1 rings (SSSR count). The van der Waals surface area contributed by atoms with Crippen LogP contribution in [0.15, 0.2) is 12.4 Å². The molecule has 14 heavy (non-hydrogen) atoms. The van der Waals surface area contributed by atoms with Gasteiger partial charge in [-0.15, -0.1) is 0 Å². The number of hydrogen-bond acceptors (Lipinski definition) is 4. The van der Waals surface area contributed by atoms with E-state index in [4.69, 9.17) is 5.73 Å². The first-order valence-electron chi connectivity index (χ1n) is 4.10. The van der Waals surface area contributed by atoms with Crippen LogP contribution < -0.4 is 11.1 Å². The number of rotatable bonds is 4. The Morgan fingerprint density at radius 3 is 2.71 bits per heavy atom. The van der Waals surface area contributed by atoms with Crippen LogP contribution in [0.5, 0.6) is 0 Å². The van der Waals surface area contributed by atoms with E-state index in [2.05, 4.69) is 37.9 Å². The van der Waals surface area contributed by atoms with Gasteiger partial charge in [-0.05, 0) is 29.5 Å². The van der Waals surface area contributed by atoms with E-state index in [-0.39, 0.29) is 18.4 Å². The summed E-state index contributed by atoms with van der Waals surface area (Å²) in [7, 11) is 0. The summed E-state index contributed by atoms with van der Waals surface area (Å²) in [5, 5.41) is 2.97. The van der Waals surface area contributed by atoms with Crippen LogP contribution in [0.25, 0.3) is 0 Å². The molecule has 0 saturated heterocycles. The van der Waals surface area contributed by atoms with Gasteiger partial charge < -0.3 is 11.1 Å². The van der Waals surface area contributed by atoms with Crippen LogP contribution in [0, 0.1) is 3.57 Å². The van der Waals surface area contributed by atoms with Gasteiger partial charge in [-0.2, -0.15) is 0 Å². The number of aromatic nitrogens is 2. The maximum Gasteiger partial charge on any atom is 0.222 e. The zero-order chi connectivity index (χ0) is 10.6. The molecule has 0 aromatic carbocycles. The summed E-state index contributed by atoms with van der Waals surface area (Å²) < 4.78 is 0.968. The molecule has 0 saturated carbocycles. The number of hydrogen-bond donors (Lipinski definition) is 2. The van der Waals surface area contributed by atoms with Crippen molar-refractivity contribution in [1.82, 2.24) is 9.97 Å². The highest BCUT2D eigenvalue weighted by molar-refractivity contribution is 14.1. The standard InChI is InChI=1S/C8H11IN4O/c1-5(2-7(10)14)13-8-11-3-6(9)4-12-8/h3-5H,2H2,1H3,(H2,10,14)(H,11,12,13). The molecule has 0 aliphatic heterocycles. The van der Waals surface area contributed by atoms with Crippen LogP contribution in [0.2, 0.25) is 0 Å². The van der Waals surface area contributed by atoms with Crippen LogP contribution in [0.4, 0.5) is 5.95 Å². The van der Waals surface area contributed by atoms with E-state index >= 15 is 0 Å². The van der Waals surface area contributed by atoms with E-state index in [0.717, 1.165) is 3.57 Å². The molecule has 0 aliphatic rings. The second-order valence-electron chi connectivity index (χ2n) is 2.94. The van der Waals surface area contributed by atoms with E-state index in [0.29, 0.717) is 5.95 Å². The van der Waals surface area contributed by atoms with Crippen molar-refractivity contribution >= 4 is 34.4 Å². The van der Waals surface area contributed by atoms with Crippen molar-refractivity contribution in [3.8, 4) is 0 Å². The lowest BCUT2D eigenvalue weighted by molar-refractivity contribution is -0.118. The van der Waals surface area contributed by atoms with Gasteiger partial charge in [0, 0.05) is 28.4 Å². The van der Waals surface area contributed by atoms with Crippen molar-refractivity contribution in [3.05, 3.63) is 16.0 Å². The van der Waals surface area contributed by atoms with Crippen molar-refractivity contribution in [2.45, 2.75) is 19.4 Å². The Labute approximate surface area is 95.6 Å². The fourth-order valence-electron chi connectivity index (χ4n) is 0.960. The van der Waals surface area contributed by atoms with Crippen molar-refractivity contribution in [1.29, 1.82) is 0 Å². The van der Waals surface area contributed by atoms with Crippen LogP contribution in [0.3, 0.4) is 0 Å². The molecular weight excluding hydrogens is 295 g/mol. The third kappa shape index (κ3) is 3.86. The average molecular weight is 306 g/mol. The first-order valence-corrected chi connectivity index (χ1v) is 5.18. The second kappa shape index (κ2) is 5.08. The van der Waals surface area contributed by atoms with Gasteiger partial charge in [0.05, 0.1) is 0 Å². The van der Waals surface area contributed by atoms with E-state index in [1.165, 1.54) is 0 Å². The van der Waals surface area contributed by atoms with Gasteiger partial charge in [0.2, 0.25) is 11.9 Å². The number of nitrogens with zero attached hydrogens (tertiary/aromatic N) is 2. The number of halogens is 1. The molecule has 6 heteroatoms. The Kier molecular flexibility index (Phi) is 4.05. The lowest BCUT2D eigenvalue weighted by atomic mass is 10.2. The second-order valence-corrected chi connectivity index (χ2v) is 4.19. The molecule has 0 aliphatic carbocycles. The van der Waals surface area contributed by atoms with Crippen molar-refractivity contribution in [2.75, 3.05) is 5.32 Å². The lowest BCUT2D eigenvalue weighted by Gasteiger charge is -2.10. The Bertz CT molecular complexity index is 314. The van der Waals surface area contributed by atoms with E-state index < -0.39 is 0 Å². The summed E-state index contributed by atoms with van der Waals surface area (Å²) in [5.74, 6) is 0.176. The largest absolute Gasteiger partial charge is 0.370 e. The number of nitrogens with one attached hydrogen (secondary N) is 1. The molecular formula is C8H11IN4O. The molecule has 5 nitrogen and oxygen atoms in total. The Balaban J connectivity index is 2.51. The van der Waals surface area contributed by atoms with Crippen molar-refractivity contribution < 1.29 is 4.79 Å². The highest BCUT2D eigenvalue weighted by Crippen LogP contribution is 2.05. The third-order valence-electron chi connectivity index (χ3n) is 1.50. The predicted molar refractivity (Wildman–Crippen MR) is 61.6 cm³/mol. The molecule has 0 radical (unpaired) electrons. The molecule has 1 aromatic heterocycles. The minimum atomic E-state index is -0.337. The number of carbonyl (C=O) groups excluding carboxylic acids is 1. The predicted octanol–water partition coefficient (Wildman–Crippen LogP) is 0.757.